The molecular weight excluding hydrogens is 298 g/mol. The molecule has 1 fully saturated rings. The maximum absolute atomic E-state index is 12.8. The minimum absolute atomic E-state index is 0.221. The molecule has 0 radical (unpaired) electrons. The first kappa shape index (κ1) is 16.8. The lowest BCUT2D eigenvalue weighted by Crippen LogP contribution is -2.38. The van der Waals surface area contributed by atoms with Crippen LogP contribution in [0.2, 0.25) is 0 Å². The summed E-state index contributed by atoms with van der Waals surface area (Å²) in [6.45, 7) is 8.92. The lowest BCUT2D eigenvalue weighted by molar-refractivity contribution is 0.0892. The van der Waals surface area contributed by atoms with E-state index in [0.717, 1.165) is 41.4 Å². The van der Waals surface area contributed by atoms with E-state index in [2.05, 4.69) is 16.4 Å². The number of nitrogens with two attached hydrogens (primary N) is 1. The summed E-state index contributed by atoms with van der Waals surface area (Å²) < 4.78 is 2.13. The largest absolute Gasteiger partial charge is 0.399 e. The number of rotatable bonds is 4. The second-order valence-electron chi connectivity index (χ2n) is 7.12. The van der Waals surface area contributed by atoms with Crippen molar-refractivity contribution in [3.8, 4) is 5.69 Å². The van der Waals surface area contributed by atoms with Crippen molar-refractivity contribution in [2.75, 3.05) is 25.4 Å². The van der Waals surface area contributed by atoms with Gasteiger partial charge in [0.05, 0.1) is 6.54 Å². The molecule has 3 rings (SSSR count). The lowest BCUT2D eigenvalue weighted by atomic mass is 9.99. The van der Waals surface area contributed by atoms with Crippen molar-refractivity contribution < 1.29 is 4.79 Å². The van der Waals surface area contributed by atoms with Gasteiger partial charge in [-0.25, -0.2) is 0 Å². The predicted octanol–water partition coefficient (Wildman–Crippen LogP) is 3.59. The van der Waals surface area contributed by atoms with Gasteiger partial charge < -0.3 is 10.3 Å². The van der Waals surface area contributed by atoms with Crippen molar-refractivity contribution in [3.63, 3.8) is 0 Å². The van der Waals surface area contributed by atoms with Gasteiger partial charge in [-0.3, -0.25) is 9.69 Å². The monoisotopic (exact) mass is 325 g/mol. The summed E-state index contributed by atoms with van der Waals surface area (Å²) in [5, 5.41) is 0. The van der Waals surface area contributed by atoms with Crippen molar-refractivity contribution in [1.29, 1.82) is 0 Å². The number of piperidine rings is 1. The van der Waals surface area contributed by atoms with E-state index in [0.29, 0.717) is 12.5 Å². The number of aromatic nitrogens is 1. The van der Waals surface area contributed by atoms with E-state index in [1.165, 1.54) is 12.8 Å². The molecule has 0 amide bonds. The quantitative estimate of drug-likeness (QED) is 0.690. The highest BCUT2D eigenvalue weighted by molar-refractivity contribution is 5.99. The number of carbonyl (C=O) groups excluding carboxylic acids is 1. The maximum Gasteiger partial charge on any atom is 0.178 e. The Morgan fingerprint density at radius 3 is 2.62 bits per heavy atom. The van der Waals surface area contributed by atoms with E-state index in [4.69, 9.17) is 5.73 Å². The van der Waals surface area contributed by atoms with Gasteiger partial charge in [0, 0.05) is 34.9 Å². The molecule has 4 heteroatoms. The van der Waals surface area contributed by atoms with Gasteiger partial charge in [0.25, 0.3) is 0 Å². The number of carbonyl (C=O) groups is 1. The number of nitrogen functional groups attached to an aromatic ring is 1. The van der Waals surface area contributed by atoms with Gasteiger partial charge >= 0.3 is 0 Å². The van der Waals surface area contributed by atoms with E-state index < -0.39 is 0 Å². The molecule has 1 aliphatic rings. The molecule has 1 aliphatic heterocycles. The van der Waals surface area contributed by atoms with Crippen LogP contribution in [-0.2, 0) is 0 Å². The molecule has 2 N–H and O–H groups in total. The Labute approximate surface area is 144 Å². The average molecular weight is 325 g/mol. The number of benzene rings is 1. The Bertz CT molecular complexity index is 730. The minimum Gasteiger partial charge on any atom is -0.399 e. The number of aryl methyl sites for hydroxylation is 1. The van der Waals surface area contributed by atoms with Gasteiger partial charge in [-0.05, 0) is 69.5 Å². The Hall–Kier alpha value is -2.07. The van der Waals surface area contributed by atoms with Crippen molar-refractivity contribution in [2.45, 2.75) is 33.6 Å². The zero-order valence-corrected chi connectivity index (χ0v) is 14.9. The van der Waals surface area contributed by atoms with Crippen LogP contribution >= 0.6 is 0 Å². The van der Waals surface area contributed by atoms with Crippen molar-refractivity contribution in [1.82, 2.24) is 9.47 Å². The summed E-state index contributed by atoms with van der Waals surface area (Å²) in [6, 6.07) is 9.79. The average Bonchev–Trinajstić information content (AvgIpc) is 2.83. The molecule has 128 valence electrons. The van der Waals surface area contributed by atoms with Crippen LogP contribution in [-0.4, -0.2) is 34.9 Å². The Kier molecular flexibility index (Phi) is 4.76. The van der Waals surface area contributed by atoms with Gasteiger partial charge in [-0.2, -0.15) is 0 Å². The van der Waals surface area contributed by atoms with Crippen molar-refractivity contribution >= 4 is 11.5 Å². The highest BCUT2D eigenvalue weighted by Crippen LogP contribution is 2.23. The molecule has 1 atom stereocenters. The van der Waals surface area contributed by atoms with Crippen LogP contribution in [0.1, 0.15) is 41.5 Å². The summed E-state index contributed by atoms with van der Waals surface area (Å²) in [7, 11) is 0. The standard InChI is InChI=1S/C20H27N3O/c1-14-5-4-10-22(12-14)13-20(24)19-11-15(2)23(16(19)3)18-8-6-17(21)7-9-18/h6-9,11,14H,4-5,10,12-13,21H2,1-3H3. The molecule has 2 aromatic rings. The molecule has 0 saturated carbocycles. The van der Waals surface area contributed by atoms with Gasteiger partial charge in [-0.1, -0.05) is 6.92 Å². The van der Waals surface area contributed by atoms with Crippen LogP contribution in [0.4, 0.5) is 5.69 Å². The van der Waals surface area contributed by atoms with E-state index >= 15 is 0 Å². The second-order valence-corrected chi connectivity index (χ2v) is 7.12. The van der Waals surface area contributed by atoms with Crippen LogP contribution < -0.4 is 5.73 Å². The zero-order chi connectivity index (χ0) is 17.3. The molecule has 1 aromatic heterocycles. The summed E-state index contributed by atoms with van der Waals surface area (Å²) in [5.74, 6) is 0.910. The normalized spacial score (nSPS) is 18.7. The minimum atomic E-state index is 0.221. The molecule has 1 saturated heterocycles. The number of Topliss-reactive ketones (excluding diaryl/α,β-unsaturated/α-hetero) is 1. The first-order valence-corrected chi connectivity index (χ1v) is 8.76. The molecule has 1 aromatic carbocycles. The van der Waals surface area contributed by atoms with E-state index in [1.54, 1.807) is 0 Å². The topological polar surface area (TPSA) is 51.3 Å². The van der Waals surface area contributed by atoms with Crippen molar-refractivity contribution in [2.24, 2.45) is 5.92 Å². The molecule has 4 nitrogen and oxygen atoms in total. The molecule has 1 unspecified atom stereocenters. The molecule has 24 heavy (non-hydrogen) atoms. The van der Waals surface area contributed by atoms with E-state index in [9.17, 15) is 4.79 Å². The molecule has 2 heterocycles. The zero-order valence-electron chi connectivity index (χ0n) is 14.9. The van der Waals surface area contributed by atoms with Crippen molar-refractivity contribution in [3.05, 3.63) is 47.3 Å². The summed E-state index contributed by atoms with van der Waals surface area (Å²) in [4.78, 5) is 15.1. The SMILES string of the molecule is Cc1cc(C(=O)CN2CCCC(C)C2)c(C)n1-c1ccc(N)cc1. The number of likely N-dealkylation sites (tertiary alicyclic amines) is 1. The van der Waals surface area contributed by atoms with Gasteiger partial charge in [0.15, 0.2) is 5.78 Å². The fraction of sp³-hybridized carbons (Fsp3) is 0.450. The molecule has 0 spiro atoms. The fourth-order valence-corrected chi connectivity index (χ4v) is 3.78. The molecule has 0 bridgehead atoms. The third-order valence-corrected chi connectivity index (χ3v) is 4.99. The van der Waals surface area contributed by atoms with Gasteiger partial charge in [-0.15, -0.1) is 0 Å². The molecular formula is C20H27N3O. The van der Waals surface area contributed by atoms with Crippen LogP contribution in [0.25, 0.3) is 5.69 Å². The van der Waals surface area contributed by atoms with Crippen LogP contribution in [0.3, 0.4) is 0 Å². The third kappa shape index (κ3) is 3.39. The Morgan fingerprint density at radius 1 is 1.25 bits per heavy atom. The highest BCUT2D eigenvalue weighted by Gasteiger charge is 2.22. The van der Waals surface area contributed by atoms with E-state index in [-0.39, 0.29) is 5.78 Å². The highest BCUT2D eigenvalue weighted by atomic mass is 16.1. The summed E-state index contributed by atoms with van der Waals surface area (Å²) in [5.41, 5.74) is 10.5. The lowest BCUT2D eigenvalue weighted by Gasteiger charge is -2.30. The van der Waals surface area contributed by atoms with Gasteiger partial charge in [0.2, 0.25) is 0 Å². The Balaban J connectivity index is 1.83. The molecule has 0 aliphatic carbocycles. The Morgan fingerprint density at radius 2 is 1.96 bits per heavy atom. The third-order valence-electron chi connectivity index (χ3n) is 4.99. The first-order valence-electron chi connectivity index (χ1n) is 8.76. The summed E-state index contributed by atoms with van der Waals surface area (Å²) >= 11 is 0. The number of hydrogen-bond acceptors (Lipinski definition) is 3. The van der Waals surface area contributed by atoms with E-state index in [1.807, 2.05) is 44.2 Å². The van der Waals surface area contributed by atoms with Crippen LogP contribution in [0.5, 0.6) is 0 Å². The maximum atomic E-state index is 12.8. The number of ketones is 1. The number of nitrogens with zero attached hydrogens (tertiary/aromatic N) is 2. The summed E-state index contributed by atoms with van der Waals surface area (Å²) in [6.07, 6.45) is 2.47. The number of hydrogen-bond donors (Lipinski definition) is 1. The first-order chi connectivity index (χ1) is 11.5. The predicted molar refractivity (Wildman–Crippen MR) is 98.8 cm³/mol. The van der Waals surface area contributed by atoms with Crippen LogP contribution in [0.15, 0.2) is 30.3 Å². The number of anilines is 1. The fourth-order valence-electron chi connectivity index (χ4n) is 3.78. The van der Waals surface area contributed by atoms with Crippen LogP contribution in [0, 0.1) is 19.8 Å². The second kappa shape index (κ2) is 6.81. The smallest absolute Gasteiger partial charge is 0.178 e. The van der Waals surface area contributed by atoms with Gasteiger partial charge in [0.1, 0.15) is 0 Å².